The smallest absolute Gasteiger partial charge is 0.127 e. The Morgan fingerprint density at radius 1 is 1.17 bits per heavy atom. The zero-order valence-corrected chi connectivity index (χ0v) is 11.0. The number of pyridine rings is 2. The first-order chi connectivity index (χ1) is 8.70. The van der Waals surface area contributed by atoms with Crippen molar-refractivity contribution >= 4 is 11.6 Å². The molecule has 0 radical (unpaired) electrons. The van der Waals surface area contributed by atoms with Gasteiger partial charge in [-0.05, 0) is 31.2 Å². The molecule has 2 heterocycles. The van der Waals surface area contributed by atoms with Crippen molar-refractivity contribution in [3.05, 3.63) is 36.5 Å². The Kier molecular flexibility index (Phi) is 3.77. The fourth-order valence-electron chi connectivity index (χ4n) is 1.68. The number of anilines is 2. The van der Waals surface area contributed by atoms with Gasteiger partial charge in [-0.2, -0.15) is 0 Å². The van der Waals surface area contributed by atoms with Crippen molar-refractivity contribution in [2.45, 2.75) is 6.92 Å². The van der Waals surface area contributed by atoms with Crippen LogP contribution in [0.1, 0.15) is 6.92 Å². The van der Waals surface area contributed by atoms with Gasteiger partial charge in [-0.15, -0.1) is 0 Å². The molecule has 94 valence electrons. The van der Waals surface area contributed by atoms with Crippen LogP contribution in [0.4, 0.5) is 11.6 Å². The molecular weight excluding hydrogens is 224 g/mol. The summed E-state index contributed by atoms with van der Waals surface area (Å²) in [6, 6.07) is 10.00. The summed E-state index contributed by atoms with van der Waals surface area (Å²) in [4.78, 5) is 10.9. The summed E-state index contributed by atoms with van der Waals surface area (Å²) in [5.41, 5.74) is 1.96. The number of rotatable bonds is 4. The standard InChI is InChI=1S/C14H18N4/c1-4-15-13-7-5-6-12(17-13)11-8-9-14(16-10-11)18(2)3/h5-10H,4H2,1-3H3,(H,15,17). The minimum atomic E-state index is 0.869. The minimum Gasteiger partial charge on any atom is -0.370 e. The van der Waals surface area contributed by atoms with Crippen molar-refractivity contribution in [2.75, 3.05) is 30.9 Å². The summed E-state index contributed by atoms with van der Waals surface area (Å²) in [6.07, 6.45) is 1.85. The molecule has 4 heteroatoms. The summed E-state index contributed by atoms with van der Waals surface area (Å²) >= 11 is 0. The molecule has 2 aromatic heterocycles. The van der Waals surface area contributed by atoms with Gasteiger partial charge in [0.15, 0.2) is 0 Å². The maximum Gasteiger partial charge on any atom is 0.127 e. The Hall–Kier alpha value is -2.10. The highest BCUT2D eigenvalue weighted by Gasteiger charge is 2.02. The molecule has 0 unspecified atom stereocenters. The van der Waals surface area contributed by atoms with Gasteiger partial charge in [0.25, 0.3) is 0 Å². The number of aromatic nitrogens is 2. The molecule has 0 aliphatic rings. The summed E-state index contributed by atoms with van der Waals surface area (Å²) in [6.45, 7) is 2.93. The topological polar surface area (TPSA) is 41.0 Å². The van der Waals surface area contributed by atoms with E-state index in [0.29, 0.717) is 0 Å². The van der Waals surface area contributed by atoms with Gasteiger partial charge < -0.3 is 10.2 Å². The lowest BCUT2D eigenvalue weighted by molar-refractivity contribution is 1.07. The largest absolute Gasteiger partial charge is 0.370 e. The molecule has 0 saturated heterocycles. The number of nitrogens with zero attached hydrogens (tertiary/aromatic N) is 3. The molecule has 0 spiro atoms. The second-order valence-corrected chi connectivity index (χ2v) is 4.24. The summed E-state index contributed by atoms with van der Waals surface area (Å²) in [7, 11) is 3.96. The maximum absolute atomic E-state index is 4.54. The van der Waals surface area contributed by atoms with E-state index >= 15 is 0 Å². The van der Waals surface area contributed by atoms with E-state index in [4.69, 9.17) is 0 Å². The fourth-order valence-corrected chi connectivity index (χ4v) is 1.68. The fraction of sp³-hybridized carbons (Fsp3) is 0.286. The molecular formula is C14H18N4. The van der Waals surface area contributed by atoms with Crippen LogP contribution in [0.25, 0.3) is 11.3 Å². The summed E-state index contributed by atoms with van der Waals surface area (Å²) in [5, 5.41) is 3.21. The zero-order valence-electron chi connectivity index (χ0n) is 11.0. The summed E-state index contributed by atoms with van der Waals surface area (Å²) < 4.78 is 0. The lowest BCUT2D eigenvalue weighted by atomic mass is 10.2. The van der Waals surface area contributed by atoms with Gasteiger partial charge in [-0.3, -0.25) is 0 Å². The highest BCUT2D eigenvalue weighted by atomic mass is 15.1. The van der Waals surface area contributed by atoms with Gasteiger partial charge >= 0.3 is 0 Å². The second-order valence-electron chi connectivity index (χ2n) is 4.24. The van der Waals surface area contributed by atoms with Crippen molar-refractivity contribution < 1.29 is 0 Å². The Morgan fingerprint density at radius 3 is 2.61 bits per heavy atom. The van der Waals surface area contributed by atoms with Crippen LogP contribution in [0.2, 0.25) is 0 Å². The van der Waals surface area contributed by atoms with Crippen LogP contribution < -0.4 is 10.2 Å². The Morgan fingerprint density at radius 2 is 2.00 bits per heavy atom. The van der Waals surface area contributed by atoms with E-state index in [9.17, 15) is 0 Å². The molecule has 0 amide bonds. The highest BCUT2D eigenvalue weighted by Crippen LogP contribution is 2.19. The van der Waals surface area contributed by atoms with Gasteiger partial charge in [0.2, 0.25) is 0 Å². The third-order valence-corrected chi connectivity index (χ3v) is 2.61. The van der Waals surface area contributed by atoms with Gasteiger partial charge in [0.05, 0.1) is 5.69 Å². The van der Waals surface area contributed by atoms with Crippen LogP contribution in [0.5, 0.6) is 0 Å². The Bertz CT molecular complexity index is 505. The molecule has 0 aliphatic carbocycles. The molecule has 18 heavy (non-hydrogen) atoms. The normalized spacial score (nSPS) is 10.2. The minimum absolute atomic E-state index is 0.869. The van der Waals surface area contributed by atoms with E-state index in [1.54, 1.807) is 0 Å². The van der Waals surface area contributed by atoms with Crippen LogP contribution >= 0.6 is 0 Å². The van der Waals surface area contributed by atoms with Gasteiger partial charge in [0.1, 0.15) is 11.6 Å². The van der Waals surface area contributed by atoms with Gasteiger partial charge in [-0.25, -0.2) is 9.97 Å². The molecule has 0 atom stereocenters. The summed E-state index contributed by atoms with van der Waals surface area (Å²) in [5.74, 6) is 1.84. The van der Waals surface area contributed by atoms with E-state index in [2.05, 4.69) is 22.2 Å². The van der Waals surface area contributed by atoms with Crippen molar-refractivity contribution in [3.8, 4) is 11.3 Å². The van der Waals surface area contributed by atoms with E-state index in [1.807, 2.05) is 55.5 Å². The van der Waals surface area contributed by atoms with Crippen molar-refractivity contribution in [1.82, 2.24) is 9.97 Å². The van der Waals surface area contributed by atoms with Gasteiger partial charge in [-0.1, -0.05) is 6.07 Å². The maximum atomic E-state index is 4.54. The lowest BCUT2D eigenvalue weighted by Gasteiger charge is -2.11. The molecule has 1 N–H and O–H groups in total. The van der Waals surface area contributed by atoms with Crippen LogP contribution in [0.3, 0.4) is 0 Å². The molecule has 0 saturated carbocycles. The van der Waals surface area contributed by atoms with Crippen LogP contribution in [0, 0.1) is 0 Å². The first-order valence-electron chi connectivity index (χ1n) is 6.05. The number of nitrogens with one attached hydrogen (secondary N) is 1. The monoisotopic (exact) mass is 242 g/mol. The van der Waals surface area contributed by atoms with E-state index in [0.717, 1.165) is 29.4 Å². The zero-order chi connectivity index (χ0) is 13.0. The second kappa shape index (κ2) is 5.49. The van der Waals surface area contributed by atoms with E-state index in [1.165, 1.54) is 0 Å². The average Bonchev–Trinajstić information content (AvgIpc) is 2.39. The third kappa shape index (κ3) is 2.77. The van der Waals surface area contributed by atoms with Crippen LogP contribution in [0.15, 0.2) is 36.5 Å². The molecule has 0 bridgehead atoms. The molecule has 2 aromatic rings. The molecule has 0 fully saturated rings. The predicted molar refractivity (Wildman–Crippen MR) is 76.0 cm³/mol. The molecule has 0 aliphatic heterocycles. The quantitative estimate of drug-likeness (QED) is 0.895. The predicted octanol–water partition coefficient (Wildman–Crippen LogP) is 2.64. The van der Waals surface area contributed by atoms with Crippen LogP contribution in [-0.4, -0.2) is 30.6 Å². The molecule has 4 nitrogen and oxygen atoms in total. The highest BCUT2D eigenvalue weighted by molar-refractivity contribution is 5.61. The van der Waals surface area contributed by atoms with E-state index in [-0.39, 0.29) is 0 Å². The van der Waals surface area contributed by atoms with Crippen LogP contribution in [-0.2, 0) is 0 Å². The molecule has 2 rings (SSSR count). The van der Waals surface area contributed by atoms with Gasteiger partial charge in [0, 0.05) is 32.4 Å². The lowest BCUT2D eigenvalue weighted by Crippen LogP contribution is -2.10. The number of hydrogen-bond acceptors (Lipinski definition) is 4. The average molecular weight is 242 g/mol. The molecule has 0 aromatic carbocycles. The van der Waals surface area contributed by atoms with E-state index < -0.39 is 0 Å². The van der Waals surface area contributed by atoms with Crippen molar-refractivity contribution in [2.24, 2.45) is 0 Å². The third-order valence-electron chi connectivity index (χ3n) is 2.61. The SMILES string of the molecule is CCNc1cccc(-c2ccc(N(C)C)nc2)n1. The van der Waals surface area contributed by atoms with Crippen molar-refractivity contribution in [1.29, 1.82) is 0 Å². The first kappa shape index (κ1) is 12.4. The first-order valence-corrected chi connectivity index (χ1v) is 6.05. The Labute approximate surface area is 108 Å². The Balaban J connectivity index is 2.27. The van der Waals surface area contributed by atoms with Crippen molar-refractivity contribution in [3.63, 3.8) is 0 Å². The number of hydrogen-bond donors (Lipinski definition) is 1.